The molecule has 1 atom stereocenters. The maximum atomic E-state index is 9.92. The van der Waals surface area contributed by atoms with Crippen molar-refractivity contribution in [2.45, 2.75) is 19.6 Å². The van der Waals surface area contributed by atoms with Crippen molar-refractivity contribution in [1.29, 1.82) is 0 Å². The Morgan fingerprint density at radius 2 is 2.05 bits per heavy atom. The Morgan fingerprint density at radius 1 is 1.23 bits per heavy atom. The summed E-state index contributed by atoms with van der Waals surface area (Å²) in [6, 6.07) is 9.42. The molecule has 1 unspecified atom stereocenters. The van der Waals surface area contributed by atoms with Gasteiger partial charge in [0.2, 0.25) is 0 Å². The van der Waals surface area contributed by atoms with Crippen molar-refractivity contribution in [1.82, 2.24) is 19.6 Å². The molecule has 114 valence electrons. The first kappa shape index (κ1) is 14.3. The molecule has 0 spiro atoms. The largest absolute Gasteiger partial charge is 0.491 e. The average molecular weight is 298 g/mol. The summed E-state index contributed by atoms with van der Waals surface area (Å²) in [5, 5.41) is 18.2. The molecule has 3 rings (SSSR count). The molecule has 0 saturated carbocycles. The highest BCUT2D eigenvalue weighted by atomic mass is 16.5. The first-order valence-electron chi connectivity index (χ1n) is 7.11. The lowest BCUT2D eigenvalue weighted by molar-refractivity contribution is 0.0893. The van der Waals surface area contributed by atoms with E-state index >= 15 is 0 Å². The topological polar surface area (TPSA) is 65.1 Å². The molecular formula is C16H18N4O2. The lowest BCUT2D eigenvalue weighted by Gasteiger charge is -2.12. The second kappa shape index (κ2) is 6.44. The Labute approximate surface area is 128 Å². The molecule has 3 aromatic rings. The van der Waals surface area contributed by atoms with Crippen LogP contribution in [0, 0.1) is 6.92 Å². The summed E-state index contributed by atoms with van der Waals surface area (Å²) in [7, 11) is 0. The van der Waals surface area contributed by atoms with E-state index in [1.54, 1.807) is 10.9 Å². The predicted molar refractivity (Wildman–Crippen MR) is 82.0 cm³/mol. The molecule has 6 heteroatoms. The van der Waals surface area contributed by atoms with Gasteiger partial charge in [0.15, 0.2) is 0 Å². The fourth-order valence-corrected chi connectivity index (χ4v) is 2.12. The second-order valence-electron chi connectivity index (χ2n) is 5.15. The summed E-state index contributed by atoms with van der Waals surface area (Å²) in [6.07, 6.45) is 6.67. The third-order valence-corrected chi connectivity index (χ3v) is 3.21. The lowest BCUT2D eigenvalue weighted by Crippen LogP contribution is -2.23. The monoisotopic (exact) mass is 298 g/mol. The Bertz CT molecular complexity index is 704. The number of aryl methyl sites for hydroxylation is 1. The molecule has 0 fully saturated rings. The summed E-state index contributed by atoms with van der Waals surface area (Å²) in [6.45, 7) is 2.64. The van der Waals surface area contributed by atoms with Crippen molar-refractivity contribution in [3.8, 4) is 11.4 Å². The van der Waals surface area contributed by atoms with Crippen LogP contribution in [0.25, 0.3) is 5.69 Å². The molecule has 22 heavy (non-hydrogen) atoms. The van der Waals surface area contributed by atoms with Crippen molar-refractivity contribution < 1.29 is 9.84 Å². The summed E-state index contributed by atoms with van der Waals surface area (Å²) >= 11 is 0. The Balaban J connectivity index is 1.55. The van der Waals surface area contributed by atoms with Gasteiger partial charge in [0.25, 0.3) is 0 Å². The Hall–Kier alpha value is -2.60. The lowest BCUT2D eigenvalue weighted by atomic mass is 10.3. The van der Waals surface area contributed by atoms with Gasteiger partial charge in [-0.25, -0.2) is 4.68 Å². The highest BCUT2D eigenvalue weighted by Gasteiger charge is 2.07. The average Bonchev–Trinajstić information content (AvgIpc) is 3.17. The Kier molecular flexibility index (Phi) is 4.20. The van der Waals surface area contributed by atoms with E-state index in [1.807, 2.05) is 60.5 Å². The first-order chi connectivity index (χ1) is 10.7. The third-order valence-electron chi connectivity index (χ3n) is 3.21. The van der Waals surface area contributed by atoms with E-state index in [0.717, 1.165) is 11.3 Å². The molecule has 0 bridgehead atoms. The van der Waals surface area contributed by atoms with Gasteiger partial charge in [-0.2, -0.15) is 10.2 Å². The number of hydrogen-bond donors (Lipinski definition) is 1. The molecular weight excluding hydrogens is 280 g/mol. The van der Waals surface area contributed by atoms with E-state index in [2.05, 4.69) is 10.2 Å². The molecule has 2 heterocycles. The summed E-state index contributed by atoms with van der Waals surface area (Å²) < 4.78 is 9.08. The van der Waals surface area contributed by atoms with Crippen LogP contribution in [0.15, 0.2) is 55.1 Å². The van der Waals surface area contributed by atoms with E-state index in [1.165, 1.54) is 0 Å². The van der Waals surface area contributed by atoms with Gasteiger partial charge < -0.3 is 9.84 Å². The number of benzene rings is 1. The van der Waals surface area contributed by atoms with E-state index in [-0.39, 0.29) is 6.61 Å². The number of ether oxygens (including phenoxy) is 1. The molecule has 0 aliphatic heterocycles. The molecule has 0 radical (unpaired) electrons. The fourth-order valence-electron chi connectivity index (χ4n) is 2.12. The van der Waals surface area contributed by atoms with Gasteiger partial charge in [0.1, 0.15) is 18.5 Å². The van der Waals surface area contributed by atoms with Gasteiger partial charge in [-0.1, -0.05) is 0 Å². The van der Waals surface area contributed by atoms with E-state index in [0.29, 0.717) is 12.3 Å². The molecule has 0 aliphatic carbocycles. The van der Waals surface area contributed by atoms with Crippen LogP contribution in [0.4, 0.5) is 0 Å². The molecule has 1 N–H and O–H groups in total. The zero-order valence-corrected chi connectivity index (χ0v) is 12.3. The highest BCUT2D eigenvalue weighted by molar-refractivity contribution is 5.37. The predicted octanol–water partition coefficient (Wildman–Crippen LogP) is 1.82. The number of rotatable bonds is 6. The summed E-state index contributed by atoms with van der Waals surface area (Å²) in [4.78, 5) is 0. The van der Waals surface area contributed by atoms with Crippen LogP contribution in [-0.2, 0) is 6.54 Å². The van der Waals surface area contributed by atoms with Crippen LogP contribution in [0.2, 0.25) is 0 Å². The zero-order chi connectivity index (χ0) is 15.4. The molecule has 1 aromatic carbocycles. The molecule has 0 aliphatic rings. The van der Waals surface area contributed by atoms with Gasteiger partial charge in [-0.3, -0.25) is 4.68 Å². The van der Waals surface area contributed by atoms with Crippen molar-refractivity contribution in [3.63, 3.8) is 0 Å². The van der Waals surface area contributed by atoms with Gasteiger partial charge >= 0.3 is 0 Å². The van der Waals surface area contributed by atoms with Crippen LogP contribution >= 0.6 is 0 Å². The van der Waals surface area contributed by atoms with Gasteiger partial charge in [-0.15, -0.1) is 0 Å². The van der Waals surface area contributed by atoms with Crippen molar-refractivity contribution in [2.75, 3.05) is 6.61 Å². The van der Waals surface area contributed by atoms with Crippen LogP contribution < -0.4 is 4.74 Å². The van der Waals surface area contributed by atoms with E-state index in [9.17, 15) is 5.11 Å². The van der Waals surface area contributed by atoms with E-state index < -0.39 is 6.10 Å². The summed E-state index contributed by atoms with van der Waals surface area (Å²) in [5.41, 5.74) is 2.08. The second-order valence-corrected chi connectivity index (χ2v) is 5.15. The highest BCUT2D eigenvalue weighted by Crippen LogP contribution is 2.15. The number of hydrogen-bond acceptors (Lipinski definition) is 4. The third kappa shape index (κ3) is 3.53. The fraction of sp³-hybridized carbons (Fsp3) is 0.250. The van der Waals surface area contributed by atoms with Crippen molar-refractivity contribution in [3.05, 3.63) is 60.7 Å². The minimum Gasteiger partial charge on any atom is -0.491 e. The number of aliphatic hydroxyl groups is 1. The number of nitrogens with zero attached hydrogens (tertiary/aromatic N) is 4. The van der Waals surface area contributed by atoms with Gasteiger partial charge in [0, 0.05) is 18.6 Å². The zero-order valence-electron chi connectivity index (χ0n) is 12.3. The molecule has 0 amide bonds. The van der Waals surface area contributed by atoms with Crippen molar-refractivity contribution >= 4 is 0 Å². The maximum Gasteiger partial charge on any atom is 0.119 e. The summed E-state index contributed by atoms with van der Waals surface area (Å²) in [5.74, 6) is 0.715. The van der Waals surface area contributed by atoms with Crippen LogP contribution in [-0.4, -0.2) is 37.4 Å². The normalized spacial score (nSPS) is 12.3. The molecule has 2 aromatic heterocycles. The maximum absolute atomic E-state index is 9.92. The molecule has 6 nitrogen and oxygen atoms in total. The van der Waals surface area contributed by atoms with E-state index in [4.69, 9.17) is 4.74 Å². The van der Waals surface area contributed by atoms with Crippen LogP contribution in [0.3, 0.4) is 0 Å². The quantitative estimate of drug-likeness (QED) is 0.754. The standard InChI is InChI=1S/C16H18N4O2/c1-13-9-18-20(10-13)14-3-5-16(6-4-14)22-12-15(21)11-19-8-2-7-17-19/h2-10,15,21H,11-12H2,1H3. The van der Waals surface area contributed by atoms with Crippen LogP contribution in [0.1, 0.15) is 5.56 Å². The first-order valence-corrected chi connectivity index (χ1v) is 7.11. The molecule has 0 saturated heterocycles. The van der Waals surface area contributed by atoms with Gasteiger partial charge in [0.05, 0.1) is 18.4 Å². The minimum atomic E-state index is -0.603. The van der Waals surface area contributed by atoms with Gasteiger partial charge in [-0.05, 0) is 42.8 Å². The number of aliphatic hydroxyl groups excluding tert-OH is 1. The minimum absolute atomic E-state index is 0.222. The Morgan fingerprint density at radius 3 is 2.68 bits per heavy atom. The van der Waals surface area contributed by atoms with Crippen molar-refractivity contribution in [2.24, 2.45) is 0 Å². The smallest absolute Gasteiger partial charge is 0.119 e. The number of aromatic nitrogens is 4. The SMILES string of the molecule is Cc1cnn(-c2ccc(OCC(O)Cn3cccn3)cc2)c1. The van der Waals surface area contributed by atoms with Crippen LogP contribution in [0.5, 0.6) is 5.75 Å².